The van der Waals surface area contributed by atoms with Gasteiger partial charge in [0, 0.05) is 12.0 Å². The summed E-state index contributed by atoms with van der Waals surface area (Å²) in [4.78, 5) is 2.56. The molecule has 0 amide bonds. The molecule has 0 saturated heterocycles. The van der Waals surface area contributed by atoms with Crippen LogP contribution in [0.2, 0.25) is 5.02 Å². The van der Waals surface area contributed by atoms with Gasteiger partial charge in [-0.25, -0.2) is 0 Å². The van der Waals surface area contributed by atoms with Crippen LogP contribution in [0.5, 0.6) is 5.75 Å². The highest BCUT2D eigenvalue weighted by Crippen LogP contribution is 2.44. The Bertz CT molecular complexity index is 798. The number of fused-ring (bicyclic) bond motifs is 5. The lowest BCUT2D eigenvalue weighted by atomic mass is 9.72. The molecule has 0 saturated carbocycles. The molecule has 1 heterocycles. The van der Waals surface area contributed by atoms with Crippen LogP contribution in [0.15, 0.2) is 36.4 Å². The van der Waals surface area contributed by atoms with Crippen LogP contribution in [-0.4, -0.2) is 31.6 Å². The first kappa shape index (κ1) is 18.8. The fourth-order valence-corrected chi connectivity index (χ4v) is 4.81. The Balaban J connectivity index is 0.000000948. The Kier molecular flexibility index (Phi) is 5.91. The number of rotatable bonds is 1. The minimum absolute atomic E-state index is 0.404. The number of terminal acetylenes is 1. The van der Waals surface area contributed by atoms with Crippen molar-refractivity contribution < 1.29 is 4.74 Å². The van der Waals surface area contributed by atoms with E-state index in [0.717, 1.165) is 23.7 Å². The number of ether oxygens (including phenoxy) is 1. The van der Waals surface area contributed by atoms with E-state index in [1.54, 1.807) is 7.11 Å². The molecule has 1 aliphatic heterocycles. The molecule has 2 nitrogen and oxygen atoms in total. The van der Waals surface area contributed by atoms with Gasteiger partial charge in [-0.15, -0.1) is 12.8 Å². The first-order chi connectivity index (χ1) is 12.7. The molecule has 2 aromatic carbocycles. The first-order valence-corrected chi connectivity index (χ1v) is 9.54. The van der Waals surface area contributed by atoms with Crippen molar-refractivity contribution in [1.29, 1.82) is 0 Å². The molecule has 0 N–H and O–H groups in total. The van der Waals surface area contributed by atoms with Gasteiger partial charge >= 0.3 is 0 Å². The van der Waals surface area contributed by atoms with Gasteiger partial charge in [-0.3, -0.25) is 0 Å². The summed E-state index contributed by atoms with van der Waals surface area (Å²) in [6.45, 7) is 1.15. The summed E-state index contributed by atoms with van der Waals surface area (Å²) in [5, 5.41) is 0.728. The number of likely N-dealkylation sites (N-methyl/N-ethyl adjacent to an activating group) is 1. The number of hydrogen-bond acceptors (Lipinski definition) is 2. The molecule has 1 unspecified atom stereocenters. The summed E-state index contributed by atoms with van der Waals surface area (Å²) in [6, 6.07) is 13.8. The highest BCUT2D eigenvalue weighted by molar-refractivity contribution is 6.32. The number of nitrogens with zero attached hydrogens (tertiary/aromatic N) is 1. The smallest absolute Gasteiger partial charge is 0.137 e. The van der Waals surface area contributed by atoms with Crippen LogP contribution in [0.4, 0.5) is 0 Å². The fourth-order valence-electron chi connectivity index (χ4n) is 4.55. The van der Waals surface area contributed by atoms with Crippen LogP contribution < -0.4 is 4.74 Å². The summed E-state index contributed by atoms with van der Waals surface area (Å²) in [5.74, 6) is 1.20. The van der Waals surface area contributed by atoms with Gasteiger partial charge in [-0.2, -0.15) is 0 Å². The topological polar surface area (TPSA) is 12.5 Å². The fraction of sp³-hybridized carbons (Fsp3) is 0.391. The van der Waals surface area contributed by atoms with Gasteiger partial charge in [0.05, 0.1) is 12.1 Å². The highest BCUT2D eigenvalue weighted by atomic mass is 35.5. The number of methoxy groups -OCH3 is 1. The number of aryl methyl sites for hydroxylation is 2. The van der Waals surface area contributed by atoms with Gasteiger partial charge < -0.3 is 9.64 Å². The van der Waals surface area contributed by atoms with Crippen molar-refractivity contribution in [3.63, 3.8) is 0 Å². The zero-order valence-corrected chi connectivity index (χ0v) is 16.3. The normalized spacial score (nSPS) is 21.7. The Labute approximate surface area is 162 Å². The summed E-state index contributed by atoms with van der Waals surface area (Å²) >= 11 is 6.42. The van der Waals surface area contributed by atoms with Gasteiger partial charge in [0.2, 0.25) is 0 Å². The molecule has 1 aliphatic carbocycles. The molecular formula is C23H26ClNO. The SMILES string of the molecule is C#C.COc1cc2c(cc1Cl)CCCN(C)C1CCc3ccccc3[C@H]21. The van der Waals surface area contributed by atoms with E-state index in [4.69, 9.17) is 16.3 Å². The van der Waals surface area contributed by atoms with E-state index < -0.39 is 0 Å². The average Bonchev–Trinajstić information content (AvgIpc) is 2.68. The molecule has 3 heteroatoms. The lowest BCUT2D eigenvalue weighted by molar-refractivity contribution is 0.196. The monoisotopic (exact) mass is 367 g/mol. The largest absolute Gasteiger partial charge is 0.495 e. The van der Waals surface area contributed by atoms with Crippen LogP contribution in [0.1, 0.15) is 41.0 Å². The quantitative estimate of drug-likeness (QED) is 0.663. The van der Waals surface area contributed by atoms with Gasteiger partial charge in [0.15, 0.2) is 0 Å². The van der Waals surface area contributed by atoms with Gasteiger partial charge in [-0.1, -0.05) is 35.9 Å². The summed E-state index contributed by atoms with van der Waals surface area (Å²) in [6.07, 6.45) is 12.6. The maximum absolute atomic E-state index is 6.42. The van der Waals surface area contributed by atoms with Crippen LogP contribution in [0.25, 0.3) is 0 Å². The molecule has 0 fully saturated rings. The third-order valence-corrected chi connectivity index (χ3v) is 6.05. The number of benzene rings is 2. The Morgan fingerprint density at radius 3 is 2.62 bits per heavy atom. The zero-order valence-electron chi connectivity index (χ0n) is 15.5. The van der Waals surface area contributed by atoms with Crippen molar-refractivity contribution in [2.24, 2.45) is 0 Å². The van der Waals surface area contributed by atoms with Crippen LogP contribution in [0, 0.1) is 12.8 Å². The average molecular weight is 368 g/mol. The molecule has 4 rings (SSSR count). The number of hydrogen-bond donors (Lipinski definition) is 0. The van der Waals surface area contributed by atoms with Crippen LogP contribution in [-0.2, 0) is 12.8 Å². The third kappa shape index (κ3) is 3.34. The molecule has 0 spiro atoms. The van der Waals surface area contributed by atoms with Crippen molar-refractivity contribution in [2.45, 2.75) is 37.6 Å². The van der Waals surface area contributed by atoms with Crippen molar-refractivity contribution in [3.8, 4) is 18.6 Å². The van der Waals surface area contributed by atoms with E-state index in [1.807, 2.05) is 0 Å². The van der Waals surface area contributed by atoms with Crippen molar-refractivity contribution in [3.05, 3.63) is 63.7 Å². The van der Waals surface area contributed by atoms with Crippen molar-refractivity contribution in [2.75, 3.05) is 20.7 Å². The molecule has 136 valence electrons. The molecule has 0 radical (unpaired) electrons. The zero-order chi connectivity index (χ0) is 18.7. The molecule has 2 aromatic rings. The third-order valence-electron chi connectivity index (χ3n) is 5.76. The van der Waals surface area contributed by atoms with E-state index in [9.17, 15) is 0 Å². The predicted molar refractivity (Wildman–Crippen MR) is 109 cm³/mol. The Morgan fingerprint density at radius 2 is 1.85 bits per heavy atom. The van der Waals surface area contributed by atoms with E-state index in [1.165, 1.54) is 41.5 Å². The molecule has 0 bridgehead atoms. The first-order valence-electron chi connectivity index (χ1n) is 9.16. The molecular weight excluding hydrogens is 342 g/mol. The highest BCUT2D eigenvalue weighted by Gasteiger charge is 2.35. The second-order valence-electron chi connectivity index (χ2n) is 7.05. The predicted octanol–water partition coefficient (Wildman–Crippen LogP) is 4.92. The van der Waals surface area contributed by atoms with E-state index in [0.29, 0.717) is 12.0 Å². The van der Waals surface area contributed by atoms with Gasteiger partial charge in [0.1, 0.15) is 5.75 Å². The second kappa shape index (κ2) is 8.16. The summed E-state index contributed by atoms with van der Waals surface area (Å²) < 4.78 is 5.53. The second-order valence-corrected chi connectivity index (χ2v) is 7.46. The lowest BCUT2D eigenvalue weighted by Crippen LogP contribution is -2.42. The Hall–Kier alpha value is -1.95. The summed E-state index contributed by atoms with van der Waals surface area (Å²) in [5.41, 5.74) is 5.77. The van der Waals surface area contributed by atoms with E-state index in [2.05, 4.69) is 61.2 Å². The molecule has 2 atom stereocenters. The standard InChI is InChI=1S/C21H24ClNO.C2H2/c1-23-11-5-7-15-12-18(22)20(24-2)13-17(15)21-16-8-4-3-6-14(16)9-10-19(21)23;1-2/h3-4,6,8,12-13,19,21H,5,7,9-11H2,1-2H3;1-2H/t19?,21-;/m1./s1. The van der Waals surface area contributed by atoms with Crippen LogP contribution in [0.3, 0.4) is 0 Å². The van der Waals surface area contributed by atoms with E-state index >= 15 is 0 Å². The van der Waals surface area contributed by atoms with Crippen molar-refractivity contribution in [1.82, 2.24) is 4.90 Å². The minimum atomic E-state index is 0.404. The molecule has 26 heavy (non-hydrogen) atoms. The summed E-state index contributed by atoms with van der Waals surface area (Å²) in [7, 11) is 3.98. The van der Waals surface area contributed by atoms with Gasteiger partial charge in [0.25, 0.3) is 0 Å². The lowest BCUT2D eigenvalue weighted by Gasteiger charge is -2.42. The van der Waals surface area contributed by atoms with Gasteiger partial charge in [-0.05, 0) is 73.7 Å². The van der Waals surface area contributed by atoms with Crippen molar-refractivity contribution >= 4 is 11.6 Å². The maximum Gasteiger partial charge on any atom is 0.137 e. The number of halogens is 1. The van der Waals surface area contributed by atoms with E-state index in [-0.39, 0.29) is 0 Å². The minimum Gasteiger partial charge on any atom is -0.495 e. The Morgan fingerprint density at radius 1 is 1.08 bits per heavy atom. The van der Waals surface area contributed by atoms with Crippen LogP contribution >= 0.6 is 11.6 Å². The molecule has 2 aliphatic rings. The maximum atomic E-state index is 6.42. The molecule has 0 aromatic heterocycles.